The zero-order valence-electron chi connectivity index (χ0n) is 13.9. The largest absolute Gasteiger partial charge is 0.462 e. The summed E-state index contributed by atoms with van der Waals surface area (Å²) in [6, 6.07) is 3.05. The number of amides is 2. The first-order valence-corrected chi connectivity index (χ1v) is 7.88. The molecule has 0 unspecified atom stereocenters. The number of halogens is 1. The summed E-state index contributed by atoms with van der Waals surface area (Å²) in [4.78, 5) is 36.5. The van der Waals surface area contributed by atoms with Gasteiger partial charge in [0.05, 0.1) is 18.6 Å². The van der Waals surface area contributed by atoms with Crippen molar-refractivity contribution in [3.63, 3.8) is 0 Å². The smallest absolute Gasteiger partial charge is 0.433 e. The number of fused-ring (bicyclic) bond motifs is 1. The highest BCUT2D eigenvalue weighted by Crippen LogP contribution is 2.23. The molecule has 1 N–H and O–H groups in total. The van der Waals surface area contributed by atoms with E-state index in [1.54, 1.807) is 26.8 Å². The zero-order valence-corrected chi connectivity index (χ0v) is 14.7. The Morgan fingerprint density at radius 1 is 1.24 bits per heavy atom. The lowest BCUT2D eigenvalue weighted by Crippen LogP contribution is -2.48. The molecule has 25 heavy (non-hydrogen) atoms. The van der Waals surface area contributed by atoms with Gasteiger partial charge in [-0.25, -0.2) is 15.0 Å². The number of benzene rings is 1. The Labute approximate surface area is 148 Å². The van der Waals surface area contributed by atoms with E-state index in [4.69, 9.17) is 25.5 Å². The number of nitrogens with one attached hydrogen (secondary N) is 1. The molecule has 2 aromatic rings. The zero-order chi connectivity index (χ0) is 18.6. The third-order valence-electron chi connectivity index (χ3n) is 3.21. The lowest BCUT2D eigenvalue weighted by Gasteiger charge is -2.21. The van der Waals surface area contributed by atoms with E-state index in [1.165, 1.54) is 6.07 Å². The number of aryl methyl sites for hydroxylation is 1. The maximum atomic E-state index is 12.7. The Balaban J connectivity index is 2.54. The van der Waals surface area contributed by atoms with Crippen LogP contribution in [0.5, 0.6) is 0 Å². The van der Waals surface area contributed by atoms with Crippen LogP contribution in [0.25, 0.3) is 11.0 Å². The SMILES string of the molecule is CCOC(=O)NN(C(=O)OCC)c1coc2cc(C)c(Cl)cc2c1=O. The van der Waals surface area contributed by atoms with E-state index in [0.717, 1.165) is 11.8 Å². The van der Waals surface area contributed by atoms with Gasteiger partial charge >= 0.3 is 12.2 Å². The highest BCUT2D eigenvalue weighted by atomic mass is 35.5. The second-order valence-electron chi connectivity index (χ2n) is 4.91. The number of hydrogen-bond acceptors (Lipinski definition) is 6. The summed E-state index contributed by atoms with van der Waals surface area (Å²) in [6.45, 7) is 5.09. The van der Waals surface area contributed by atoms with Crippen LogP contribution >= 0.6 is 11.6 Å². The molecular formula is C16H17ClN2O6. The van der Waals surface area contributed by atoms with E-state index in [-0.39, 0.29) is 24.3 Å². The number of ether oxygens (including phenoxy) is 2. The van der Waals surface area contributed by atoms with Gasteiger partial charge in [0, 0.05) is 5.02 Å². The summed E-state index contributed by atoms with van der Waals surface area (Å²) in [6.07, 6.45) is -0.821. The van der Waals surface area contributed by atoms with Crippen LogP contribution in [0.1, 0.15) is 19.4 Å². The van der Waals surface area contributed by atoms with E-state index in [1.807, 2.05) is 0 Å². The van der Waals surface area contributed by atoms with Crippen molar-refractivity contribution in [3.8, 4) is 0 Å². The van der Waals surface area contributed by atoms with Crippen LogP contribution in [-0.2, 0) is 9.47 Å². The summed E-state index contributed by atoms with van der Waals surface area (Å²) >= 11 is 6.05. The fraction of sp³-hybridized carbons (Fsp3) is 0.312. The van der Waals surface area contributed by atoms with Crippen LogP contribution in [0.2, 0.25) is 5.02 Å². The predicted octanol–water partition coefficient (Wildman–Crippen LogP) is 3.38. The molecular weight excluding hydrogens is 352 g/mol. The number of carbonyl (C=O) groups is 2. The summed E-state index contributed by atoms with van der Waals surface area (Å²) in [5.74, 6) is 0. The number of anilines is 1. The maximum Gasteiger partial charge on any atom is 0.433 e. The lowest BCUT2D eigenvalue weighted by atomic mass is 10.1. The molecule has 0 spiro atoms. The molecule has 0 aliphatic heterocycles. The number of rotatable bonds is 3. The van der Waals surface area contributed by atoms with E-state index in [0.29, 0.717) is 15.6 Å². The van der Waals surface area contributed by atoms with E-state index < -0.39 is 17.6 Å². The maximum absolute atomic E-state index is 12.7. The minimum absolute atomic E-state index is 0.0454. The average Bonchev–Trinajstić information content (AvgIpc) is 2.56. The molecule has 0 saturated heterocycles. The number of nitrogens with zero attached hydrogens (tertiary/aromatic N) is 1. The second-order valence-corrected chi connectivity index (χ2v) is 5.32. The van der Waals surface area contributed by atoms with Crippen LogP contribution in [0.3, 0.4) is 0 Å². The van der Waals surface area contributed by atoms with Crippen molar-refractivity contribution >= 4 is 40.4 Å². The molecule has 1 aromatic carbocycles. The molecule has 0 atom stereocenters. The first-order valence-electron chi connectivity index (χ1n) is 7.51. The Hall–Kier alpha value is -2.74. The van der Waals surface area contributed by atoms with Gasteiger partial charge in [-0.15, -0.1) is 0 Å². The summed E-state index contributed by atoms with van der Waals surface area (Å²) in [5.41, 5.74) is 2.39. The molecule has 2 amide bonds. The van der Waals surface area contributed by atoms with Crippen LogP contribution in [0.4, 0.5) is 15.3 Å². The summed E-state index contributed by atoms with van der Waals surface area (Å²) in [5, 5.41) is 1.17. The van der Waals surface area contributed by atoms with E-state index in [9.17, 15) is 14.4 Å². The highest BCUT2D eigenvalue weighted by molar-refractivity contribution is 6.32. The molecule has 0 bridgehead atoms. The summed E-state index contributed by atoms with van der Waals surface area (Å²) in [7, 11) is 0. The minimum atomic E-state index is -0.958. The molecule has 2 rings (SSSR count). The molecule has 8 nitrogen and oxygen atoms in total. The third kappa shape index (κ3) is 4.03. The van der Waals surface area contributed by atoms with Crippen molar-refractivity contribution in [2.75, 3.05) is 18.2 Å². The van der Waals surface area contributed by atoms with Gasteiger partial charge < -0.3 is 13.9 Å². The molecule has 0 radical (unpaired) electrons. The quantitative estimate of drug-likeness (QED) is 0.834. The van der Waals surface area contributed by atoms with Crippen molar-refractivity contribution in [1.82, 2.24) is 5.43 Å². The fourth-order valence-corrected chi connectivity index (χ4v) is 2.21. The van der Waals surface area contributed by atoms with E-state index in [2.05, 4.69) is 5.43 Å². The van der Waals surface area contributed by atoms with Crippen LogP contribution in [-0.4, -0.2) is 25.4 Å². The Morgan fingerprint density at radius 2 is 1.92 bits per heavy atom. The topological polar surface area (TPSA) is 98.1 Å². The monoisotopic (exact) mass is 368 g/mol. The minimum Gasteiger partial charge on any atom is -0.462 e. The number of carbonyl (C=O) groups excluding carboxylic acids is 2. The van der Waals surface area contributed by atoms with Crippen LogP contribution in [0.15, 0.2) is 27.6 Å². The molecule has 0 aliphatic rings. The van der Waals surface area contributed by atoms with Crippen LogP contribution < -0.4 is 15.9 Å². The van der Waals surface area contributed by atoms with Gasteiger partial charge in [0.25, 0.3) is 0 Å². The normalized spacial score (nSPS) is 10.4. The lowest BCUT2D eigenvalue weighted by molar-refractivity contribution is 0.138. The highest BCUT2D eigenvalue weighted by Gasteiger charge is 2.25. The van der Waals surface area contributed by atoms with Crippen molar-refractivity contribution < 1.29 is 23.5 Å². The molecule has 0 fully saturated rings. The average molecular weight is 369 g/mol. The van der Waals surface area contributed by atoms with Crippen LogP contribution in [0, 0.1) is 6.92 Å². The number of hydrazine groups is 1. The first-order chi connectivity index (χ1) is 11.9. The molecule has 0 saturated carbocycles. The molecule has 0 aliphatic carbocycles. The summed E-state index contributed by atoms with van der Waals surface area (Å²) < 4.78 is 15.0. The second kappa shape index (κ2) is 7.89. The Bertz CT molecular complexity index is 864. The van der Waals surface area contributed by atoms with Gasteiger partial charge in [0.1, 0.15) is 11.8 Å². The van der Waals surface area contributed by atoms with Gasteiger partial charge in [-0.3, -0.25) is 4.79 Å². The number of hydrogen-bond donors (Lipinski definition) is 1. The third-order valence-corrected chi connectivity index (χ3v) is 3.61. The Morgan fingerprint density at radius 3 is 2.56 bits per heavy atom. The molecule has 134 valence electrons. The molecule has 1 heterocycles. The fourth-order valence-electron chi connectivity index (χ4n) is 2.04. The van der Waals surface area contributed by atoms with Gasteiger partial charge in [0.2, 0.25) is 5.43 Å². The van der Waals surface area contributed by atoms with E-state index >= 15 is 0 Å². The first kappa shape index (κ1) is 18.6. The van der Waals surface area contributed by atoms with Crippen molar-refractivity contribution in [3.05, 3.63) is 39.2 Å². The van der Waals surface area contributed by atoms with Gasteiger partial charge in [-0.1, -0.05) is 11.6 Å². The van der Waals surface area contributed by atoms with Gasteiger partial charge in [-0.05, 0) is 38.5 Å². The van der Waals surface area contributed by atoms with Crippen molar-refractivity contribution in [1.29, 1.82) is 0 Å². The Kier molecular flexibility index (Phi) is 5.87. The molecule has 9 heteroatoms. The van der Waals surface area contributed by atoms with Gasteiger partial charge in [-0.2, -0.15) is 5.01 Å². The van der Waals surface area contributed by atoms with Crippen molar-refractivity contribution in [2.45, 2.75) is 20.8 Å². The van der Waals surface area contributed by atoms with Gasteiger partial charge in [0.15, 0.2) is 5.69 Å². The molecule has 1 aromatic heterocycles. The predicted molar refractivity (Wildman–Crippen MR) is 91.9 cm³/mol. The standard InChI is InChI=1S/C16H17ClN2O6/c1-4-23-15(21)18-19(16(22)24-5-2)12-8-25-13-6-9(3)11(17)7-10(13)14(12)20/h6-8H,4-5H2,1-3H3,(H,18,21). The van der Waals surface area contributed by atoms with Crippen molar-refractivity contribution in [2.24, 2.45) is 0 Å².